The van der Waals surface area contributed by atoms with Gasteiger partial charge in [0.05, 0.1) is 11.7 Å². The molecule has 0 saturated heterocycles. The summed E-state index contributed by atoms with van der Waals surface area (Å²) in [5, 5.41) is 9.59. The van der Waals surface area contributed by atoms with E-state index < -0.39 is 11.6 Å². The monoisotopic (exact) mass is 480 g/mol. The number of likely N-dealkylation sites (N-methyl/N-ethyl adjacent to an activating group) is 1. The van der Waals surface area contributed by atoms with Gasteiger partial charge in [0.1, 0.15) is 22.9 Å². The van der Waals surface area contributed by atoms with E-state index in [1.54, 1.807) is 12.3 Å². The number of anilines is 2. The Hall–Kier alpha value is -3.50. The number of aromatic nitrogens is 5. The van der Waals surface area contributed by atoms with E-state index in [1.165, 1.54) is 6.07 Å². The predicted molar refractivity (Wildman–Crippen MR) is 134 cm³/mol. The number of rotatable bonds is 10. The van der Waals surface area contributed by atoms with E-state index in [9.17, 15) is 8.78 Å². The summed E-state index contributed by atoms with van der Waals surface area (Å²) in [6.45, 7) is 11.3. The number of fused-ring (bicyclic) bond motifs is 1. The predicted octanol–water partition coefficient (Wildman–Crippen LogP) is 4.50. The van der Waals surface area contributed by atoms with Gasteiger partial charge in [-0.15, -0.1) is 0 Å². The summed E-state index contributed by atoms with van der Waals surface area (Å²) in [5.74, 6) is 0.213. The number of pyridine rings is 1. The topological polar surface area (TPSA) is 92.6 Å². The van der Waals surface area contributed by atoms with Crippen LogP contribution < -0.4 is 16.0 Å². The zero-order valence-corrected chi connectivity index (χ0v) is 20.4. The fourth-order valence-electron chi connectivity index (χ4n) is 3.99. The van der Waals surface area contributed by atoms with Crippen LogP contribution in [0.5, 0.6) is 0 Å². The Labute approximate surface area is 203 Å². The first-order valence-electron chi connectivity index (χ1n) is 11.7. The highest BCUT2D eigenvalue weighted by atomic mass is 19.1. The molecule has 3 aromatic heterocycles. The summed E-state index contributed by atoms with van der Waals surface area (Å²) in [7, 11) is 0. The van der Waals surface area contributed by atoms with Gasteiger partial charge in [0.15, 0.2) is 11.6 Å². The molecule has 1 aromatic carbocycles. The van der Waals surface area contributed by atoms with Gasteiger partial charge in [0.25, 0.3) is 0 Å². The lowest BCUT2D eigenvalue weighted by Crippen LogP contribution is -2.26. The largest absolute Gasteiger partial charge is 0.326 e. The highest BCUT2D eigenvalue weighted by Crippen LogP contribution is 2.30. The summed E-state index contributed by atoms with van der Waals surface area (Å²) < 4.78 is 31.5. The van der Waals surface area contributed by atoms with Crippen molar-refractivity contribution in [3.63, 3.8) is 0 Å². The number of nitrogens with zero attached hydrogens (tertiary/aromatic N) is 5. The molecule has 3 heterocycles. The summed E-state index contributed by atoms with van der Waals surface area (Å²) in [4.78, 5) is 17.1. The van der Waals surface area contributed by atoms with Gasteiger partial charge in [0, 0.05) is 37.4 Å². The molecule has 35 heavy (non-hydrogen) atoms. The molecule has 4 aromatic rings. The molecule has 0 atom stereocenters. The van der Waals surface area contributed by atoms with Crippen LogP contribution in [0.15, 0.2) is 36.7 Å². The van der Waals surface area contributed by atoms with E-state index in [-0.39, 0.29) is 23.2 Å². The number of hydrogen-bond donors (Lipinski definition) is 3. The van der Waals surface area contributed by atoms with Crippen LogP contribution in [0.4, 0.5) is 20.5 Å². The SMILES string of the molecule is CCNCCNCc1ccc(Nc2ncc(F)c(-c3cc(F)c4nc(C)n(C(C)C)c4c3)n2)nc1. The third-order valence-corrected chi connectivity index (χ3v) is 5.58. The molecule has 0 aliphatic rings. The van der Waals surface area contributed by atoms with Crippen molar-refractivity contribution in [2.24, 2.45) is 0 Å². The van der Waals surface area contributed by atoms with Crippen molar-refractivity contribution in [1.29, 1.82) is 0 Å². The van der Waals surface area contributed by atoms with Crippen LogP contribution >= 0.6 is 0 Å². The second-order valence-electron chi connectivity index (χ2n) is 8.55. The van der Waals surface area contributed by atoms with Crippen LogP contribution in [0.25, 0.3) is 22.3 Å². The maximum absolute atomic E-state index is 14.9. The summed E-state index contributed by atoms with van der Waals surface area (Å²) >= 11 is 0. The molecule has 4 rings (SSSR count). The molecule has 0 saturated carbocycles. The molecule has 0 radical (unpaired) electrons. The van der Waals surface area contributed by atoms with Gasteiger partial charge < -0.3 is 20.5 Å². The molecule has 0 amide bonds. The van der Waals surface area contributed by atoms with Gasteiger partial charge in [-0.05, 0) is 51.1 Å². The van der Waals surface area contributed by atoms with Crippen LogP contribution in [0.1, 0.15) is 38.2 Å². The van der Waals surface area contributed by atoms with Crippen LogP contribution in [0, 0.1) is 18.6 Å². The van der Waals surface area contributed by atoms with Crippen molar-refractivity contribution < 1.29 is 8.78 Å². The zero-order chi connectivity index (χ0) is 24.9. The minimum atomic E-state index is -0.645. The van der Waals surface area contributed by atoms with Crippen LogP contribution in [-0.4, -0.2) is 44.1 Å². The second-order valence-corrected chi connectivity index (χ2v) is 8.55. The van der Waals surface area contributed by atoms with E-state index >= 15 is 0 Å². The Balaban J connectivity index is 1.55. The fraction of sp³-hybridized carbons (Fsp3) is 0.360. The number of halogens is 2. The van der Waals surface area contributed by atoms with E-state index in [4.69, 9.17) is 0 Å². The van der Waals surface area contributed by atoms with E-state index in [0.717, 1.165) is 31.4 Å². The lowest BCUT2D eigenvalue weighted by Gasteiger charge is -2.12. The molecular formula is C25H30F2N8. The first-order chi connectivity index (χ1) is 16.9. The average molecular weight is 481 g/mol. The Morgan fingerprint density at radius 2 is 1.77 bits per heavy atom. The van der Waals surface area contributed by atoms with Gasteiger partial charge in [-0.2, -0.15) is 0 Å². The average Bonchev–Trinajstić information content (AvgIpc) is 3.18. The molecule has 10 heteroatoms. The molecule has 0 aliphatic heterocycles. The number of nitrogens with one attached hydrogen (secondary N) is 3. The van der Waals surface area contributed by atoms with E-state index in [2.05, 4.69) is 42.8 Å². The normalized spacial score (nSPS) is 11.5. The standard InChI is InChI=1S/C25H30F2N8/c1-5-28-8-9-29-12-17-6-7-22(30-13-17)33-25-31-14-20(27)23(34-25)18-10-19(26)24-21(11-18)35(15(2)3)16(4)32-24/h6-7,10-11,13-15,28-29H,5,8-9,12H2,1-4H3,(H,30,31,33,34). The first-order valence-corrected chi connectivity index (χ1v) is 11.7. The highest BCUT2D eigenvalue weighted by molar-refractivity contribution is 5.83. The zero-order valence-electron chi connectivity index (χ0n) is 20.4. The van der Waals surface area contributed by atoms with Crippen LogP contribution in [-0.2, 0) is 6.54 Å². The Bertz CT molecular complexity index is 1300. The molecule has 0 spiro atoms. The fourth-order valence-corrected chi connectivity index (χ4v) is 3.99. The Kier molecular flexibility index (Phi) is 7.62. The Morgan fingerprint density at radius 1 is 0.971 bits per heavy atom. The molecule has 184 valence electrons. The summed E-state index contributed by atoms with van der Waals surface area (Å²) in [6, 6.07) is 6.79. The lowest BCUT2D eigenvalue weighted by molar-refractivity contribution is 0.600. The van der Waals surface area contributed by atoms with Crippen molar-refractivity contribution in [2.45, 2.75) is 40.3 Å². The van der Waals surface area contributed by atoms with Gasteiger partial charge in [0.2, 0.25) is 5.95 Å². The third kappa shape index (κ3) is 5.60. The quantitative estimate of drug-likeness (QED) is 0.288. The molecule has 0 unspecified atom stereocenters. The number of aryl methyl sites for hydroxylation is 1. The van der Waals surface area contributed by atoms with Crippen molar-refractivity contribution in [2.75, 3.05) is 25.0 Å². The minimum Gasteiger partial charge on any atom is -0.326 e. The lowest BCUT2D eigenvalue weighted by atomic mass is 10.1. The smallest absolute Gasteiger partial charge is 0.229 e. The molecule has 0 fully saturated rings. The summed E-state index contributed by atoms with van der Waals surface area (Å²) in [6.07, 6.45) is 2.83. The van der Waals surface area contributed by atoms with E-state index in [0.29, 0.717) is 29.3 Å². The number of benzene rings is 1. The van der Waals surface area contributed by atoms with Crippen LogP contribution in [0.2, 0.25) is 0 Å². The maximum Gasteiger partial charge on any atom is 0.229 e. The minimum absolute atomic E-state index is 0.000956. The van der Waals surface area contributed by atoms with Crippen LogP contribution in [0.3, 0.4) is 0 Å². The number of imidazole rings is 1. The molecular weight excluding hydrogens is 450 g/mol. The molecule has 3 N–H and O–H groups in total. The first kappa shape index (κ1) is 24.6. The second kappa shape index (κ2) is 10.8. The number of hydrogen-bond acceptors (Lipinski definition) is 7. The van der Waals surface area contributed by atoms with Crippen molar-refractivity contribution in [3.8, 4) is 11.3 Å². The van der Waals surface area contributed by atoms with Crippen molar-refractivity contribution in [1.82, 2.24) is 35.1 Å². The molecule has 0 aliphatic carbocycles. The van der Waals surface area contributed by atoms with Gasteiger partial charge in [-0.25, -0.2) is 28.7 Å². The van der Waals surface area contributed by atoms with Crippen molar-refractivity contribution >= 4 is 22.8 Å². The van der Waals surface area contributed by atoms with Gasteiger partial charge in [-0.1, -0.05) is 13.0 Å². The van der Waals surface area contributed by atoms with Crippen molar-refractivity contribution in [3.05, 3.63) is 59.7 Å². The van der Waals surface area contributed by atoms with Gasteiger partial charge >= 0.3 is 0 Å². The van der Waals surface area contributed by atoms with E-state index in [1.807, 2.05) is 37.5 Å². The highest BCUT2D eigenvalue weighted by Gasteiger charge is 2.18. The maximum atomic E-state index is 14.9. The molecule has 0 bridgehead atoms. The Morgan fingerprint density at radius 3 is 2.49 bits per heavy atom. The third-order valence-electron chi connectivity index (χ3n) is 5.58. The van der Waals surface area contributed by atoms with Gasteiger partial charge in [-0.3, -0.25) is 0 Å². The molecule has 8 nitrogen and oxygen atoms in total. The summed E-state index contributed by atoms with van der Waals surface area (Å²) in [5.41, 5.74) is 2.20.